The number of β-amino-alcohol motifs (C(OH)–C–C–N with tert-alkyl or cyclic N) is 1. The molecule has 11 heteroatoms. The number of aliphatic hydroxyl groups is 1. The van der Waals surface area contributed by atoms with Crippen molar-refractivity contribution in [3.63, 3.8) is 0 Å². The highest BCUT2D eigenvalue weighted by Crippen LogP contribution is 2.29. The summed E-state index contributed by atoms with van der Waals surface area (Å²) >= 11 is 7.59. The molecular formula is C29H34ClN5O4S. The highest BCUT2D eigenvalue weighted by molar-refractivity contribution is 8.00. The van der Waals surface area contributed by atoms with Crippen LogP contribution in [-0.4, -0.2) is 74.8 Å². The number of benzene rings is 2. The van der Waals surface area contributed by atoms with Gasteiger partial charge in [0.1, 0.15) is 10.8 Å². The van der Waals surface area contributed by atoms with Crippen molar-refractivity contribution in [1.29, 1.82) is 0 Å². The van der Waals surface area contributed by atoms with E-state index in [-0.39, 0.29) is 32.1 Å². The Balaban J connectivity index is 1.44. The first kappa shape index (κ1) is 29.6. The standard InChI is InChI=1S/C29H34ClN5O4S/c1-18-8-6-9-19(2)25(18)23-15-24(30)32-27(31-23)33-40-22-11-7-10-20(14-22)26(37)34-12-13-35(17-21(36)16-34)28(38)39-29(3,4)5/h6-11,14-15,21,36H,12-13,16-17H2,1-5H3,(H,31,32,33). The summed E-state index contributed by atoms with van der Waals surface area (Å²) in [4.78, 5) is 38.6. The van der Waals surface area contributed by atoms with Crippen molar-refractivity contribution >= 4 is 41.5 Å². The molecule has 0 bridgehead atoms. The fraction of sp³-hybridized carbons (Fsp3) is 0.379. The molecule has 0 spiro atoms. The molecule has 2 amide bonds. The van der Waals surface area contributed by atoms with Crippen LogP contribution in [0.5, 0.6) is 0 Å². The molecule has 4 rings (SSSR count). The molecule has 1 aromatic heterocycles. The van der Waals surface area contributed by atoms with Gasteiger partial charge in [-0.2, -0.15) is 0 Å². The summed E-state index contributed by atoms with van der Waals surface area (Å²) in [6.07, 6.45) is -1.39. The van der Waals surface area contributed by atoms with Gasteiger partial charge in [0.25, 0.3) is 5.91 Å². The molecule has 212 valence electrons. The predicted molar refractivity (Wildman–Crippen MR) is 158 cm³/mol. The monoisotopic (exact) mass is 583 g/mol. The van der Waals surface area contributed by atoms with Crippen LogP contribution in [0.3, 0.4) is 0 Å². The van der Waals surface area contributed by atoms with Gasteiger partial charge in [0.05, 0.1) is 18.3 Å². The number of aliphatic hydroxyl groups excluding tert-OH is 1. The number of hydrogen-bond acceptors (Lipinski definition) is 8. The van der Waals surface area contributed by atoms with Crippen LogP contribution in [0.4, 0.5) is 10.7 Å². The second-order valence-electron chi connectivity index (χ2n) is 10.7. The summed E-state index contributed by atoms with van der Waals surface area (Å²) in [7, 11) is 0. The normalized spacial score (nSPS) is 15.9. The molecule has 2 N–H and O–H groups in total. The number of carbonyl (C=O) groups is 2. The van der Waals surface area contributed by atoms with Crippen molar-refractivity contribution in [2.24, 2.45) is 0 Å². The van der Waals surface area contributed by atoms with E-state index in [0.717, 1.165) is 27.3 Å². The van der Waals surface area contributed by atoms with Crippen LogP contribution in [0.15, 0.2) is 53.4 Å². The van der Waals surface area contributed by atoms with Gasteiger partial charge in [-0.3, -0.25) is 9.52 Å². The minimum Gasteiger partial charge on any atom is -0.444 e. The molecular weight excluding hydrogens is 550 g/mol. The number of halogens is 1. The SMILES string of the molecule is Cc1cccc(C)c1-c1cc(Cl)nc(NSc2cccc(C(=O)N3CCN(C(=O)OC(C)(C)C)CC(O)C3)c2)n1. The van der Waals surface area contributed by atoms with E-state index in [1.807, 2.05) is 38.1 Å². The molecule has 0 aliphatic carbocycles. The minimum absolute atomic E-state index is 0.0994. The fourth-order valence-corrected chi connectivity index (χ4v) is 5.27. The van der Waals surface area contributed by atoms with Crippen molar-refractivity contribution in [2.45, 2.75) is 51.2 Å². The Hall–Kier alpha value is -3.34. The van der Waals surface area contributed by atoms with Crippen molar-refractivity contribution in [2.75, 3.05) is 30.9 Å². The zero-order chi connectivity index (χ0) is 29.0. The largest absolute Gasteiger partial charge is 0.444 e. The third-order valence-corrected chi connectivity index (χ3v) is 7.18. The number of ether oxygens (including phenoxy) is 1. The molecule has 9 nitrogen and oxygen atoms in total. The van der Waals surface area contributed by atoms with Crippen LogP contribution >= 0.6 is 23.5 Å². The van der Waals surface area contributed by atoms with Gasteiger partial charge in [0, 0.05) is 41.7 Å². The minimum atomic E-state index is -0.885. The van der Waals surface area contributed by atoms with Gasteiger partial charge in [-0.25, -0.2) is 14.8 Å². The van der Waals surface area contributed by atoms with Gasteiger partial charge < -0.3 is 19.6 Å². The first-order chi connectivity index (χ1) is 18.9. The zero-order valence-corrected chi connectivity index (χ0v) is 24.8. The lowest BCUT2D eigenvalue weighted by molar-refractivity contribution is 0.0186. The second kappa shape index (κ2) is 12.4. The predicted octanol–water partition coefficient (Wildman–Crippen LogP) is 5.59. The number of nitrogens with one attached hydrogen (secondary N) is 1. The average Bonchev–Trinajstić information content (AvgIpc) is 3.07. The number of rotatable bonds is 5. The summed E-state index contributed by atoms with van der Waals surface area (Å²) in [6, 6.07) is 15.0. The molecule has 1 fully saturated rings. The number of aromatic nitrogens is 2. The third-order valence-electron chi connectivity index (χ3n) is 6.21. The Morgan fingerprint density at radius 3 is 2.38 bits per heavy atom. The zero-order valence-electron chi connectivity index (χ0n) is 23.3. The number of amides is 2. The lowest BCUT2D eigenvalue weighted by Gasteiger charge is -2.26. The maximum atomic E-state index is 13.3. The topological polar surface area (TPSA) is 108 Å². The summed E-state index contributed by atoms with van der Waals surface area (Å²) in [6.45, 7) is 10.2. The van der Waals surface area contributed by atoms with Gasteiger partial charge in [-0.15, -0.1) is 0 Å². The van der Waals surface area contributed by atoms with E-state index in [2.05, 4.69) is 14.7 Å². The quantitative estimate of drug-likeness (QED) is 0.296. The number of carbonyl (C=O) groups excluding carboxylic acids is 2. The number of aryl methyl sites for hydroxylation is 2. The van der Waals surface area contributed by atoms with E-state index in [1.54, 1.807) is 49.9 Å². The van der Waals surface area contributed by atoms with Gasteiger partial charge >= 0.3 is 6.09 Å². The van der Waals surface area contributed by atoms with E-state index in [9.17, 15) is 14.7 Å². The van der Waals surface area contributed by atoms with Gasteiger partial charge in [0.15, 0.2) is 0 Å². The lowest BCUT2D eigenvalue weighted by atomic mass is 10.00. The molecule has 1 atom stereocenters. The van der Waals surface area contributed by atoms with Crippen LogP contribution < -0.4 is 4.72 Å². The smallest absolute Gasteiger partial charge is 0.410 e. The Kier molecular flexibility index (Phi) is 9.22. The maximum absolute atomic E-state index is 13.3. The molecule has 0 saturated carbocycles. The second-order valence-corrected chi connectivity index (χ2v) is 12.0. The Morgan fingerprint density at radius 2 is 1.68 bits per heavy atom. The number of anilines is 1. The van der Waals surface area contributed by atoms with E-state index < -0.39 is 17.8 Å². The molecule has 2 heterocycles. The molecule has 0 radical (unpaired) electrons. The van der Waals surface area contributed by atoms with Gasteiger partial charge in [-0.1, -0.05) is 35.9 Å². The Morgan fingerprint density at radius 1 is 1.02 bits per heavy atom. The van der Waals surface area contributed by atoms with E-state index in [1.165, 1.54) is 16.8 Å². The van der Waals surface area contributed by atoms with Crippen LogP contribution in [0.1, 0.15) is 42.3 Å². The molecule has 1 aliphatic rings. The highest BCUT2D eigenvalue weighted by Gasteiger charge is 2.30. The van der Waals surface area contributed by atoms with Crippen LogP contribution in [-0.2, 0) is 4.74 Å². The lowest BCUT2D eigenvalue weighted by Crippen LogP contribution is -2.41. The van der Waals surface area contributed by atoms with E-state index >= 15 is 0 Å². The Bertz CT molecular complexity index is 1380. The van der Waals surface area contributed by atoms with Gasteiger partial charge in [0.2, 0.25) is 5.95 Å². The Labute approximate surface area is 244 Å². The fourth-order valence-electron chi connectivity index (χ4n) is 4.46. The molecule has 1 unspecified atom stereocenters. The summed E-state index contributed by atoms with van der Waals surface area (Å²) < 4.78 is 8.57. The molecule has 2 aromatic carbocycles. The van der Waals surface area contributed by atoms with Gasteiger partial charge in [-0.05, 0) is 75.9 Å². The van der Waals surface area contributed by atoms with Crippen molar-refractivity contribution in [3.05, 3.63) is 70.4 Å². The molecule has 40 heavy (non-hydrogen) atoms. The molecule has 1 aliphatic heterocycles. The summed E-state index contributed by atoms with van der Waals surface area (Å²) in [5.41, 5.74) is 3.74. The number of nitrogens with zero attached hydrogens (tertiary/aromatic N) is 4. The van der Waals surface area contributed by atoms with Crippen LogP contribution in [0, 0.1) is 13.8 Å². The first-order valence-corrected chi connectivity index (χ1v) is 14.2. The average molecular weight is 584 g/mol. The van der Waals surface area contributed by atoms with E-state index in [4.69, 9.17) is 16.3 Å². The van der Waals surface area contributed by atoms with Crippen molar-refractivity contribution in [1.82, 2.24) is 19.8 Å². The first-order valence-electron chi connectivity index (χ1n) is 13.0. The van der Waals surface area contributed by atoms with Crippen LogP contribution in [0.2, 0.25) is 5.15 Å². The van der Waals surface area contributed by atoms with Crippen LogP contribution in [0.25, 0.3) is 11.3 Å². The molecule has 1 saturated heterocycles. The maximum Gasteiger partial charge on any atom is 0.410 e. The third kappa shape index (κ3) is 7.65. The molecule has 3 aromatic rings. The van der Waals surface area contributed by atoms with E-state index in [0.29, 0.717) is 16.7 Å². The highest BCUT2D eigenvalue weighted by atomic mass is 35.5. The van der Waals surface area contributed by atoms with Crippen molar-refractivity contribution < 1.29 is 19.4 Å². The summed E-state index contributed by atoms with van der Waals surface area (Å²) in [5, 5.41) is 10.8. The summed E-state index contributed by atoms with van der Waals surface area (Å²) in [5.74, 6) is 0.119. The van der Waals surface area contributed by atoms with Crippen molar-refractivity contribution in [3.8, 4) is 11.3 Å². The number of hydrogen-bond donors (Lipinski definition) is 2.